The van der Waals surface area contributed by atoms with Crippen LogP contribution in [-0.2, 0) is 33.3 Å². The van der Waals surface area contributed by atoms with Crippen molar-refractivity contribution in [2.45, 2.75) is 0 Å². The second-order valence-corrected chi connectivity index (χ2v) is 8.56. The van der Waals surface area contributed by atoms with Crippen molar-refractivity contribution < 1.29 is 42.9 Å². The van der Waals surface area contributed by atoms with Gasteiger partial charge in [-0.25, -0.2) is 19.2 Å². The third kappa shape index (κ3) is 12.0. The van der Waals surface area contributed by atoms with Gasteiger partial charge in [0.05, 0.1) is 37.4 Å². The summed E-state index contributed by atoms with van der Waals surface area (Å²) in [7, 11) is 3.68. The van der Waals surface area contributed by atoms with Crippen LogP contribution in [0, 0.1) is 0 Å². The Bertz CT molecular complexity index is 1070. The van der Waals surface area contributed by atoms with Crippen LogP contribution in [0.3, 0.4) is 0 Å². The van der Waals surface area contributed by atoms with E-state index in [1.807, 2.05) is 23.9 Å². The topological polar surface area (TPSA) is 121 Å². The van der Waals surface area contributed by atoms with Crippen LogP contribution in [0.1, 0.15) is 20.7 Å². The first-order chi connectivity index (χ1) is 19.7. The first kappa shape index (κ1) is 32.6. The van der Waals surface area contributed by atoms with E-state index in [2.05, 4.69) is 13.2 Å². The zero-order valence-corrected chi connectivity index (χ0v) is 23.4. The minimum absolute atomic E-state index is 0.0465. The van der Waals surface area contributed by atoms with Gasteiger partial charge in [0.1, 0.15) is 26.4 Å². The fourth-order valence-corrected chi connectivity index (χ4v) is 3.30. The number of anilines is 2. The molecule has 0 aliphatic carbocycles. The molecule has 0 saturated carbocycles. The van der Waals surface area contributed by atoms with Crippen molar-refractivity contribution >= 4 is 35.3 Å². The summed E-state index contributed by atoms with van der Waals surface area (Å²) >= 11 is 0. The summed E-state index contributed by atoms with van der Waals surface area (Å²) in [6, 6.07) is 13.7. The van der Waals surface area contributed by atoms with Crippen LogP contribution in [0.4, 0.5) is 11.4 Å². The molecule has 2 rings (SSSR count). The summed E-state index contributed by atoms with van der Waals surface area (Å²) < 4.78 is 25.7. The Hall–Kier alpha value is -4.64. The first-order valence-corrected chi connectivity index (χ1v) is 12.9. The molecule has 0 N–H and O–H groups in total. The van der Waals surface area contributed by atoms with Crippen molar-refractivity contribution in [2.75, 3.05) is 76.6 Å². The van der Waals surface area contributed by atoms with Crippen LogP contribution < -0.4 is 9.80 Å². The third-order valence-electron chi connectivity index (χ3n) is 5.68. The first-order valence-electron chi connectivity index (χ1n) is 12.9. The molecule has 0 radical (unpaired) electrons. The number of carbonyl (C=O) groups is 4. The molecule has 220 valence electrons. The van der Waals surface area contributed by atoms with Crippen LogP contribution in [-0.4, -0.2) is 90.7 Å². The van der Waals surface area contributed by atoms with E-state index in [0.717, 1.165) is 23.5 Å². The number of nitrogens with zero attached hydrogens (tertiary/aromatic N) is 2. The van der Waals surface area contributed by atoms with Gasteiger partial charge >= 0.3 is 23.9 Å². The lowest BCUT2D eigenvalue weighted by molar-refractivity contribution is -0.138. The minimum atomic E-state index is -0.485. The van der Waals surface area contributed by atoms with Crippen molar-refractivity contribution in [2.24, 2.45) is 0 Å². The molecule has 0 spiro atoms. The molecule has 0 amide bonds. The van der Waals surface area contributed by atoms with E-state index in [1.165, 1.54) is 0 Å². The molecule has 0 saturated heterocycles. The minimum Gasteiger partial charge on any atom is -0.461 e. The zero-order chi connectivity index (χ0) is 30.0. The molecular formula is C30H36N2O9. The van der Waals surface area contributed by atoms with E-state index in [0.29, 0.717) is 24.2 Å². The van der Waals surface area contributed by atoms with Gasteiger partial charge in [0, 0.05) is 37.6 Å². The maximum Gasteiger partial charge on any atom is 0.338 e. The average molecular weight is 569 g/mol. The molecule has 2 aromatic carbocycles. The monoisotopic (exact) mass is 568 g/mol. The summed E-state index contributed by atoms with van der Waals surface area (Å²) in [5, 5.41) is 0. The molecular weight excluding hydrogens is 532 g/mol. The van der Waals surface area contributed by atoms with E-state index >= 15 is 0 Å². The van der Waals surface area contributed by atoms with Gasteiger partial charge in [0.15, 0.2) is 0 Å². The molecule has 0 aliphatic rings. The quantitative estimate of drug-likeness (QED) is 0.114. The van der Waals surface area contributed by atoms with Crippen molar-refractivity contribution in [3.8, 4) is 0 Å². The highest BCUT2D eigenvalue weighted by atomic mass is 16.6. The molecule has 0 bridgehead atoms. The molecule has 41 heavy (non-hydrogen) atoms. The number of ether oxygens (including phenoxy) is 5. The maximum atomic E-state index is 12.2. The molecule has 0 fully saturated rings. The van der Waals surface area contributed by atoms with Crippen LogP contribution >= 0.6 is 0 Å². The Kier molecular flexibility index (Phi) is 14.2. The van der Waals surface area contributed by atoms with Crippen molar-refractivity contribution in [1.82, 2.24) is 0 Å². The highest BCUT2D eigenvalue weighted by molar-refractivity contribution is 5.90. The molecule has 0 unspecified atom stereocenters. The number of hydrogen-bond donors (Lipinski definition) is 0. The predicted octanol–water partition coefficient (Wildman–Crippen LogP) is 3.05. The van der Waals surface area contributed by atoms with Gasteiger partial charge in [-0.3, -0.25) is 0 Å². The maximum absolute atomic E-state index is 12.2. The van der Waals surface area contributed by atoms with Crippen LogP contribution in [0.5, 0.6) is 0 Å². The number of carbonyl (C=O) groups excluding carboxylic acids is 4. The van der Waals surface area contributed by atoms with E-state index in [9.17, 15) is 19.2 Å². The smallest absolute Gasteiger partial charge is 0.338 e. The number of rotatable bonds is 18. The van der Waals surface area contributed by atoms with Crippen molar-refractivity contribution in [1.29, 1.82) is 0 Å². The van der Waals surface area contributed by atoms with Gasteiger partial charge in [0.2, 0.25) is 0 Å². The Balaban J connectivity index is 1.60. The van der Waals surface area contributed by atoms with Gasteiger partial charge in [0.25, 0.3) is 0 Å². The van der Waals surface area contributed by atoms with Gasteiger partial charge in [-0.2, -0.15) is 0 Å². The summed E-state index contributed by atoms with van der Waals surface area (Å²) in [6.07, 6.45) is 2.22. The number of benzene rings is 2. The van der Waals surface area contributed by atoms with Crippen LogP contribution in [0.2, 0.25) is 0 Å². The number of esters is 4. The zero-order valence-electron chi connectivity index (χ0n) is 23.4. The highest BCUT2D eigenvalue weighted by Gasteiger charge is 2.10. The Morgan fingerprint density at radius 2 is 0.951 bits per heavy atom. The molecule has 0 atom stereocenters. The van der Waals surface area contributed by atoms with Crippen molar-refractivity contribution in [3.63, 3.8) is 0 Å². The summed E-state index contributed by atoms with van der Waals surface area (Å²) in [5.74, 6) is -1.92. The second-order valence-electron chi connectivity index (χ2n) is 8.56. The average Bonchev–Trinajstić information content (AvgIpc) is 3.00. The second kappa shape index (κ2) is 17.9. The van der Waals surface area contributed by atoms with E-state index in [1.54, 1.807) is 48.5 Å². The van der Waals surface area contributed by atoms with Gasteiger partial charge in [-0.15, -0.1) is 0 Å². The standard InChI is InChI=1S/C30H36N2O9/c1-5-27(33)38-17-15-31(3)25-11-7-23(8-12-25)29(35)40-21-19-37-20-22-41-30(36)24-9-13-26(14-10-24)32(4)16-18-39-28(34)6-2/h5-14H,1-2,15-22H2,3-4H3. The van der Waals surface area contributed by atoms with Gasteiger partial charge in [-0.05, 0) is 48.5 Å². The van der Waals surface area contributed by atoms with E-state index < -0.39 is 23.9 Å². The van der Waals surface area contributed by atoms with Crippen LogP contribution in [0.25, 0.3) is 0 Å². The lowest BCUT2D eigenvalue weighted by Gasteiger charge is -2.19. The normalized spacial score (nSPS) is 10.2. The summed E-state index contributed by atoms with van der Waals surface area (Å²) in [4.78, 5) is 50.5. The van der Waals surface area contributed by atoms with E-state index in [4.69, 9.17) is 23.7 Å². The Morgan fingerprint density at radius 3 is 1.29 bits per heavy atom. The lowest BCUT2D eigenvalue weighted by atomic mass is 10.2. The molecule has 0 aliphatic heterocycles. The predicted molar refractivity (Wildman–Crippen MR) is 153 cm³/mol. The molecule has 0 aromatic heterocycles. The van der Waals surface area contributed by atoms with Crippen molar-refractivity contribution in [3.05, 3.63) is 85.0 Å². The molecule has 11 heteroatoms. The number of hydrogen-bond acceptors (Lipinski definition) is 11. The lowest BCUT2D eigenvalue weighted by Crippen LogP contribution is -2.23. The highest BCUT2D eigenvalue weighted by Crippen LogP contribution is 2.15. The summed E-state index contributed by atoms with van der Waals surface area (Å²) in [6.45, 7) is 8.49. The molecule has 0 heterocycles. The summed E-state index contributed by atoms with van der Waals surface area (Å²) in [5.41, 5.74) is 2.48. The SMILES string of the molecule is C=CC(=O)OCCN(C)c1ccc(C(=O)OCCOCCOC(=O)c2ccc(N(C)CCOC(=O)C=C)cc2)cc1. The third-order valence-corrected chi connectivity index (χ3v) is 5.68. The van der Waals surface area contributed by atoms with E-state index in [-0.39, 0.29) is 39.6 Å². The largest absolute Gasteiger partial charge is 0.461 e. The number of likely N-dealkylation sites (N-methyl/N-ethyl adjacent to an activating group) is 2. The van der Waals surface area contributed by atoms with Crippen LogP contribution in [0.15, 0.2) is 73.8 Å². The Labute approximate surface area is 239 Å². The Morgan fingerprint density at radius 1 is 0.585 bits per heavy atom. The fourth-order valence-electron chi connectivity index (χ4n) is 3.30. The molecule has 2 aromatic rings. The fraction of sp³-hybridized carbons (Fsp3) is 0.333. The van der Waals surface area contributed by atoms with Gasteiger partial charge in [-0.1, -0.05) is 13.2 Å². The van der Waals surface area contributed by atoms with Gasteiger partial charge < -0.3 is 33.5 Å². The molecule has 11 nitrogen and oxygen atoms in total.